The van der Waals surface area contributed by atoms with Gasteiger partial charge in [0.1, 0.15) is 11.6 Å². The van der Waals surface area contributed by atoms with E-state index in [9.17, 15) is 4.79 Å². The lowest BCUT2D eigenvalue weighted by Crippen LogP contribution is -3.00. The summed E-state index contributed by atoms with van der Waals surface area (Å²) in [4.78, 5) is 17.6. The first-order valence-corrected chi connectivity index (χ1v) is 8.99. The molecule has 0 aromatic rings. The van der Waals surface area contributed by atoms with E-state index < -0.39 is 5.60 Å². The SMILES string of the molecule is CC[C@H](C)[C@@H](NC(=O)OC(C)(C)C)C1=[S+]CC(CBr)=N1.[Br-]. The number of amides is 1. The number of carbonyl (C=O) groups excluding carboxylic acids is 1. The van der Waals surface area contributed by atoms with E-state index in [1.54, 1.807) is 11.4 Å². The van der Waals surface area contributed by atoms with Crippen LogP contribution in [-0.4, -0.2) is 39.5 Å². The predicted molar refractivity (Wildman–Crippen MR) is 91.1 cm³/mol. The summed E-state index contributed by atoms with van der Waals surface area (Å²) in [5.41, 5.74) is 0.631. The monoisotopic (exact) mass is 442 g/mol. The van der Waals surface area contributed by atoms with Crippen molar-refractivity contribution in [2.24, 2.45) is 10.9 Å². The average molecular weight is 444 g/mol. The number of alkyl carbamates (subject to hydrolysis) is 1. The number of hydrogen-bond acceptors (Lipinski definition) is 3. The molecule has 0 saturated heterocycles. The van der Waals surface area contributed by atoms with E-state index in [0.717, 1.165) is 28.2 Å². The van der Waals surface area contributed by atoms with Crippen molar-refractivity contribution in [3.8, 4) is 0 Å². The van der Waals surface area contributed by atoms with Crippen LogP contribution in [0.4, 0.5) is 4.79 Å². The number of hydrogen-bond donors (Lipinski definition) is 1. The van der Waals surface area contributed by atoms with Gasteiger partial charge in [-0.05, 0) is 26.7 Å². The van der Waals surface area contributed by atoms with Crippen molar-refractivity contribution in [1.82, 2.24) is 5.32 Å². The van der Waals surface area contributed by atoms with Gasteiger partial charge in [-0.2, -0.15) is 4.99 Å². The molecule has 0 aliphatic carbocycles. The Morgan fingerprint density at radius 3 is 2.57 bits per heavy atom. The Morgan fingerprint density at radius 2 is 2.14 bits per heavy atom. The third-order valence-corrected chi connectivity index (χ3v) is 4.73. The molecule has 122 valence electrons. The molecule has 1 rings (SSSR count). The molecule has 2 atom stereocenters. The van der Waals surface area contributed by atoms with Crippen LogP contribution in [0.3, 0.4) is 0 Å². The summed E-state index contributed by atoms with van der Waals surface area (Å²) >= 11 is 5.13. The minimum Gasteiger partial charge on any atom is -1.00 e. The van der Waals surface area contributed by atoms with Gasteiger partial charge in [0.25, 0.3) is 0 Å². The molecule has 0 spiro atoms. The first kappa shape index (κ1) is 21.0. The van der Waals surface area contributed by atoms with E-state index in [0.29, 0.717) is 5.92 Å². The number of nitrogens with zero attached hydrogens (tertiary/aromatic N) is 1. The Hall–Kier alpha value is -0.0100. The second-order valence-corrected chi connectivity index (χ2v) is 7.50. The molecule has 21 heavy (non-hydrogen) atoms. The molecular weight excluding hydrogens is 420 g/mol. The Balaban J connectivity index is 0.00000400. The van der Waals surface area contributed by atoms with Crippen LogP contribution in [0.1, 0.15) is 41.0 Å². The zero-order valence-electron chi connectivity index (χ0n) is 13.2. The quantitative estimate of drug-likeness (QED) is 0.369. The van der Waals surface area contributed by atoms with Gasteiger partial charge in [-0.1, -0.05) is 36.2 Å². The van der Waals surface area contributed by atoms with E-state index in [2.05, 4.69) is 40.1 Å². The first-order chi connectivity index (χ1) is 9.26. The zero-order valence-corrected chi connectivity index (χ0v) is 17.2. The second-order valence-electron chi connectivity index (χ2n) is 5.95. The molecular formula is C14H24Br2N2O2S. The fourth-order valence-corrected chi connectivity index (χ4v) is 3.45. The molecule has 0 bridgehead atoms. The standard InChI is InChI=1S/C14H23BrN2O2S.BrH/c1-6-9(2)11(12-16-10(7-15)8-20-12)17-13(18)19-14(3,4)5;/h9,11H,6-8H2,1-5H3;1H/t9-,11+;/m0./s1. The van der Waals surface area contributed by atoms with Crippen molar-refractivity contribution in [2.75, 3.05) is 11.1 Å². The number of halogens is 2. The van der Waals surface area contributed by atoms with Crippen molar-refractivity contribution >= 4 is 44.1 Å². The van der Waals surface area contributed by atoms with Crippen molar-refractivity contribution in [3.05, 3.63) is 0 Å². The molecule has 0 fully saturated rings. The van der Waals surface area contributed by atoms with E-state index in [1.807, 2.05) is 20.8 Å². The van der Waals surface area contributed by atoms with Crippen LogP contribution in [0, 0.1) is 5.92 Å². The molecule has 0 unspecified atom stereocenters. The highest BCUT2D eigenvalue weighted by atomic mass is 79.9. The minimum atomic E-state index is -0.484. The summed E-state index contributed by atoms with van der Waals surface area (Å²) in [5.74, 6) is 1.22. The zero-order chi connectivity index (χ0) is 15.3. The lowest BCUT2D eigenvalue weighted by Gasteiger charge is -2.24. The highest BCUT2D eigenvalue weighted by Crippen LogP contribution is 2.14. The smallest absolute Gasteiger partial charge is 0.408 e. The van der Waals surface area contributed by atoms with Gasteiger partial charge in [0.2, 0.25) is 17.1 Å². The number of nitrogens with one attached hydrogen (secondary N) is 1. The van der Waals surface area contributed by atoms with Crippen LogP contribution < -0.4 is 22.3 Å². The number of carbonyl (C=O) groups is 1. The fraction of sp³-hybridized carbons (Fsp3) is 0.786. The van der Waals surface area contributed by atoms with E-state index in [4.69, 9.17) is 4.74 Å². The Morgan fingerprint density at radius 1 is 1.52 bits per heavy atom. The Labute approximate surface area is 150 Å². The van der Waals surface area contributed by atoms with Gasteiger partial charge in [-0.15, -0.1) is 0 Å². The van der Waals surface area contributed by atoms with Crippen LogP contribution in [0.2, 0.25) is 0 Å². The number of ether oxygens (including phenoxy) is 1. The maximum atomic E-state index is 12.0. The molecule has 4 nitrogen and oxygen atoms in total. The molecule has 0 aromatic carbocycles. The predicted octanol–water partition coefficient (Wildman–Crippen LogP) is -0.00820. The summed E-state index contributed by atoms with van der Waals surface area (Å²) in [5, 5.41) is 3.75. The Bertz CT molecular complexity index is 420. The maximum absolute atomic E-state index is 12.0. The van der Waals surface area contributed by atoms with Gasteiger partial charge in [-0.25, -0.2) is 4.79 Å². The summed E-state index contributed by atoms with van der Waals surface area (Å²) < 4.78 is 5.35. The fourth-order valence-electron chi connectivity index (χ4n) is 1.72. The molecule has 0 saturated carbocycles. The van der Waals surface area contributed by atoms with Crippen LogP contribution in [0.15, 0.2) is 4.99 Å². The highest BCUT2D eigenvalue weighted by Gasteiger charge is 2.35. The van der Waals surface area contributed by atoms with Gasteiger partial charge in [0.15, 0.2) is 0 Å². The summed E-state index contributed by atoms with van der Waals surface area (Å²) in [7, 11) is 0. The van der Waals surface area contributed by atoms with E-state index in [-0.39, 0.29) is 29.1 Å². The maximum Gasteiger partial charge on any atom is 0.408 e. The third-order valence-electron chi connectivity index (χ3n) is 2.96. The molecule has 7 heteroatoms. The minimum absolute atomic E-state index is 0. The molecule has 1 aliphatic rings. The van der Waals surface area contributed by atoms with Crippen molar-refractivity contribution in [1.29, 1.82) is 0 Å². The number of rotatable bonds is 5. The number of aliphatic imine (C=N–C) groups is 1. The molecule has 1 N–H and O–H groups in total. The topological polar surface area (TPSA) is 50.7 Å². The lowest BCUT2D eigenvalue weighted by atomic mass is 9.99. The van der Waals surface area contributed by atoms with Gasteiger partial charge in [0, 0.05) is 5.33 Å². The van der Waals surface area contributed by atoms with Crippen molar-refractivity contribution in [2.45, 2.75) is 52.7 Å². The van der Waals surface area contributed by atoms with E-state index in [1.165, 1.54) is 0 Å². The molecule has 1 heterocycles. The van der Waals surface area contributed by atoms with Crippen LogP contribution in [0.25, 0.3) is 0 Å². The van der Waals surface area contributed by atoms with Crippen LogP contribution in [0.5, 0.6) is 0 Å². The van der Waals surface area contributed by atoms with E-state index >= 15 is 0 Å². The van der Waals surface area contributed by atoms with Crippen LogP contribution >= 0.6 is 15.9 Å². The molecule has 1 aliphatic heterocycles. The molecule has 1 amide bonds. The van der Waals surface area contributed by atoms with Gasteiger partial charge in [0.05, 0.1) is 5.71 Å². The van der Waals surface area contributed by atoms with Gasteiger partial charge in [-0.3, -0.25) is 0 Å². The average Bonchev–Trinajstić information content (AvgIpc) is 2.81. The largest absolute Gasteiger partial charge is 1.00 e. The second kappa shape index (κ2) is 9.20. The lowest BCUT2D eigenvalue weighted by molar-refractivity contribution is -0.0000268. The summed E-state index contributed by atoms with van der Waals surface area (Å²) in [6.07, 6.45) is 0.599. The normalized spacial score (nSPS) is 17.2. The number of alkyl halides is 1. The van der Waals surface area contributed by atoms with Gasteiger partial charge >= 0.3 is 11.1 Å². The third kappa shape index (κ3) is 7.19. The summed E-state index contributed by atoms with van der Waals surface area (Å²) in [6.45, 7) is 9.83. The summed E-state index contributed by atoms with van der Waals surface area (Å²) in [6, 6.07) is -0.0728. The van der Waals surface area contributed by atoms with Gasteiger partial charge < -0.3 is 27.0 Å². The van der Waals surface area contributed by atoms with Crippen LogP contribution in [-0.2, 0) is 16.1 Å². The molecule has 0 aromatic heterocycles. The van der Waals surface area contributed by atoms with Crippen molar-refractivity contribution < 1.29 is 26.5 Å². The Kier molecular flexibility index (Phi) is 9.20. The highest BCUT2D eigenvalue weighted by molar-refractivity contribution is 9.09. The first-order valence-electron chi connectivity index (χ1n) is 6.88. The van der Waals surface area contributed by atoms with Crippen molar-refractivity contribution in [3.63, 3.8) is 0 Å². The molecule has 0 radical (unpaired) electrons.